The van der Waals surface area contributed by atoms with Crippen molar-refractivity contribution >= 4 is 11.7 Å². The zero-order valence-electron chi connectivity index (χ0n) is 19.1. The van der Waals surface area contributed by atoms with Crippen LogP contribution in [0.3, 0.4) is 0 Å². The molecule has 1 aliphatic rings. The van der Waals surface area contributed by atoms with Crippen molar-refractivity contribution in [2.45, 2.75) is 26.3 Å². The van der Waals surface area contributed by atoms with Crippen molar-refractivity contribution in [3.63, 3.8) is 0 Å². The summed E-state index contributed by atoms with van der Waals surface area (Å²) >= 11 is 0. The molecule has 4 aromatic rings. The van der Waals surface area contributed by atoms with Crippen LogP contribution in [0.4, 0.5) is 0 Å². The number of aryl methyl sites for hydroxylation is 2. The third kappa shape index (κ3) is 4.50. The average molecular weight is 441 g/mol. The number of aromatic nitrogens is 4. The third-order valence-corrected chi connectivity index (χ3v) is 6.23. The van der Waals surface area contributed by atoms with Crippen LogP contribution in [-0.4, -0.2) is 61.5 Å². The largest absolute Gasteiger partial charge is 0.340 e. The van der Waals surface area contributed by atoms with Gasteiger partial charge in [0.2, 0.25) is 5.91 Å². The van der Waals surface area contributed by atoms with E-state index in [0.717, 1.165) is 24.5 Å². The van der Waals surface area contributed by atoms with Crippen LogP contribution in [0.25, 0.3) is 5.78 Å². The van der Waals surface area contributed by atoms with Crippen LogP contribution in [0, 0.1) is 13.8 Å². The van der Waals surface area contributed by atoms with Gasteiger partial charge in [0.1, 0.15) is 0 Å². The fraction of sp³-hybridized carbons (Fsp3) is 0.308. The van der Waals surface area contributed by atoms with Crippen molar-refractivity contribution in [3.8, 4) is 0 Å². The SMILES string of the molecule is Cc1cc(C)n2nc(CC(=O)N3CCN(C(c4ccccc4)c4ccccc4)CC3)nc2n1. The van der Waals surface area contributed by atoms with Crippen molar-refractivity contribution in [1.29, 1.82) is 0 Å². The molecule has 168 valence electrons. The van der Waals surface area contributed by atoms with Crippen molar-refractivity contribution in [1.82, 2.24) is 29.4 Å². The van der Waals surface area contributed by atoms with Gasteiger partial charge in [-0.15, -0.1) is 5.10 Å². The molecule has 0 aliphatic carbocycles. The Hall–Kier alpha value is -3.58. The van der Waals surface area contributed by atoms with E-state index in [4.69, 9.17) is 0 Å². The molecule has 0 unspecified atom stereocenters. The Bertz CT molecular complexity index is 1210. The maximum atomic E-state index is 13.0. The van der Waals surface area contributed by atoms with Gasteiger partial charge in [-0.3, -0.25) is 9.69 Å². The maximum absolute atomic E-state index is 13.0. The first-order chi connectivity index (χ1) is 16.1. The number of fused-ring (bicyclic) bond motifs is 1. The molecule has 5 rings (SSSR count). The number of amides is 1. The number of piperazine rings is 1. The summed E-state index contributed by atoms with van der Waals surface area (Å²) in [6, 6.07) is 23.3. The number of nitrogens with zero attached hydrogens (tertiary/aromatic N) is 6. The van der Waals surface area contributed by atoms with E-state index in [1.165, 1.54) is 11.1 Å². The van der Waals surface area contributed by atoms with E-state index in [9.17, 15) is 4.79 Å². The Morgan fingerprint density at radius 1 is 0.879 bits per heavy atom. The molecule has 1 amide bonds. The summed E-state index contributed by atoms with van der Waals surface area (Å²) in [6.45, 7) is 6.93. The summed E-state index contributed by atoms with van der Waals surface area (Å²) in [7, 11) is 0. The minimum Gasteiger partial charge on any atom is -0.340 e. The summed E-state index contributed by atoms with van der Waals surface area (Å²) < 4.78 is 1.71. The first kappa shape index (κ1) is 21.3. The molecule has 0 N–H and O–H groups in total. The van der Waals surface area contributed by atoms with Gasteiger partial charge >= 0.3 is 0 Å². The lowest BCUT2D eigenvalue weighted by Crippen LogP contribution is -2.50. The summed E-state index contributed by atoms with van der Waals surface area (Å²) in [5.41, 5.74) is 4.41. The molecule has 0 radical (unpaired) electrons. The van der Waals surface area contributed by atoms with E-state index in [1.807, 2.05) is 36.9 Å². The topological polar surface area (TPSA) is 66.6 Å². The summed E-state index contributed by atoms with van der Waals surface area (Å²) in [5, 5.41) is 4.50. The maximum Gasteiger partial charge on any atom is 0.252 e. The Labute approximate surface area is 193 Å². The zero-order valence-corrected chi connectivity index (χ0v) is 19.1. The summed E-state index contributed by atoms with van der Waals surface area (Å²) in [5.74, 6) is 1.14. The molecule has 0 saturated carbocycles. The van der Waals surface area contributed by atoms with Crippen LogP contribution in [0.1, 0.15) is 34.4 Å². The van der Waals surface area contributed by atoms with Gasteiger partial charge in [0.25, 0.3) is 5.78 Å². The number of carbonyl (C=O) groups excluding carboxylic acids is 1. The van der Waals surface area contributed by atoms with Gasteiger partial charge in [0.15, 0.2) is 5.82 Å². The molecule has 1 aliphatic heterocycles. The van der Waals surface area contributed by atoms with Crippen LogP contribution in [0.5, 0.6) is 0 Å². The molecule has 3 heterocycles. The number of benzene rings is 2. The van der Waals surface area contributed by atoms with Crippen LogP contribution >= 0.6 is 0 Å². The lowest BCUT2D eigenvalue weighted by atomic mass is 9.96. The van der Waals surface area contributed by atoms with Crippen LogP contribution < -0.4 is 0 Å². The van der Waals surface area contributed by atoms with Gasteiger partial charge in [0.05, 0.1) is 12.5 Å². The average Bonchev–Trinajstić information content (AvgIpc) is 3.24. The molecule has 7 heteroatoms. The lowest BCUT2D eigenvalue weighted by molar-refractivity contribution is -0.132. The van der Waals surface area contributed by atoms with E-state index < -0.39 is 0 Å². The summed E-state index contributed by atoms with van der Waals surface area (Å²) in [4.78, 5) is 26.3. The van der Waals surface area contributed by atoms with Crippen molar-refractivity contribution in [2.75, 3.05) is 26.2 Å². The van der Waals surface area contributed by atoms with E-state index in [1.54, 1.807) is 4.52 Å². The quantitative estimate of drug-likeness (QED) is 0.477. The van der Waals surface area contributed by atoms with Gasteiger partial charge in [-0.05, 0) is 31.0 Å². The van der Waals surface area contributed by atoms with E-state index in [2.05, 4.69) is 68.5 Å². The lowest BCUT2D eigenvalue weighted by Gasteiger charge is -2.39. The van der Waals surface area contributed by atoms with Crippen molar-refractivity contribution < 1.29 is 4.79 Å². The second kappa shape index (κ2) is 9.11. The first-order valence-electron chi connectivity index (χ1n) is 11.4. The number of hydrogen-bond donors (Lipinski definition) is 0. The highest BCUT2D eigenvalue weighted by atomic mass is 16.2. The number of rotatable bonds is 5. The van der Waals surface area contributed by atoms with E-state index in [-0.39, 0.29) is 18.4 Å². The monoisotopic (exact) mass is 440 g/mol. The molecule has 0 spiro atoms. The molecule has 1 fully saturated rings. The summed E-state index contributed by atoms with van der Waals surface area (Å²) in [6.07, 6.45) is 0.197. The predicted molar refractivity (Wildman–Crippen MR) is 127 cm³/mol. The van der Waals surface area contributed by atoms with Gasteiger partial charge in [-0.1, -0.05) is 60.7 Å². The van der Waals surface area contributed by atoms with Gasteiger partial charge in [-0.25, -0.2) is 9.50 Å². The second-order valence-corrected chi connectivity index (χ2v) is 8.60. The van der Waals surface area contributed by atoms with Gasteiger partial charge < -0.3 is 4.90 Å². The Morgan fingerprint density at radius 2 is 1.48 bits per heavy atom. The van der Waals surface area contributed by atoms with E-state index >= 15 is 0 Å². The Morgan fingerprint density at radius 3 is 2.09 bits per heavy atom. The van der Waals surface area contributed by atoms with E-state index in [0.29, 0.717) is 24.7 Å². The Kier molecular flexibility index (Phi) is 5.88. The fourth-order valence-electron chi connectivity index (χ4n) is 4.64. The number of hydrogen-bond acceptors (Lipinski definition) is 5. The van der Waals surface area contributed by atoms with Gasteiger partial charge in [0, 0.05) is 37.6 Å². The molecule has 7 nitrogen and oxygen atoms in total. The highest BCUT2D eigenvalue weighted by Crippen LogP contribution is 2.29. The molecule has 0 bridgehead atoms. The molecule has 0 atom stereocenters. The number of carbonyl (C=O) groups is 1. The third-order valence-electron chi connectivity index (χ3n) is 6.23. The van der Waals surface area contributed by atoms with Crippen LogP contribution in [-0.2, 0) is 11.2 Å². The molecular weight excluding hydrogens is 412 g/mol. The molecule has 2 aromatic carbocycles. The highest BCUT2D eigenvalue weighted by Gasteiger charge is 2.28. The highest BCUT2D eigenvalue weighted by molar-refractivity contribution is 5.78. The van der Waals surface area contributed by atoms with Crippen molar-refractivity contribution in [3.05, 3.63) is 95.1 Å². The van der Waals surface area contributed by atoms with Crippen molar-refractivity contribution in [2.24, 2.45) is 0 Å². The zero-order chi connectivity index (χ0) is 22.8. The minimum absolute atomic E-state index is 0.0657. The second-order valence-electron chi connectivity index (χ2n) is 8.60. The fourth-order valence-corrected chi connectivity index (χ4v) is 4.64. The predicted octanol–water partition coefficient (Wildman–Crippen LogP) is 3.22. The van der Waals surface area contributed by atoms with Crippen LogP contribution in [0.2, 0.25) is 0 Å². The van der Waals surface area contributed by atoms with Crippen LogP contribution in [0.15, 0.2) is 66.7 Å². The molecule has 1 saturated heterocycles. The Balaban J connectivity index is 1.28. The normalized spacial score (nSPS) is 14.8. The molecular formula is C26H28N6O. The smallest absolute Gasteiger partial charge is 0.252 e. The molecule has 2 aromatic heterocycles. The standard InChI is InChI=1S/C26H28N6O/c1-19-17-20(2)32-26(27-19)28-23(29-32)18-24(33)30-13-15-31(16-14-30)25(21-9-5-3-6-10-21)22-11-7-4-8-12-22/h3-12,17,25H,13-16,18H2,1-2H3. The van der Waals surface area contributed by atoms with Gasteiger partial charge in [-0.2, -0.15) is 4.98 Å². The first-order valence-corrected chi connectivity index (χ1v) is 11.4. The molecule has 33 heavy (non-hydrogen) atoms. The minimum atomic E-state index is 0.0657.